The van der Waals surface area contributed by atoms with Crippen molar-refractivity contribution in [3.63, 3.8) is 0 Å². The SMILES string of the molecule is CCCl.COC(=O)C1=C(C)NC(C)=CC1c1cccc([N+](=O)[O-])c1. The smallest absolute Gasteiger partial charge is 0.336 e. The molecule has 24 heavy (non-hydrogen) atoms. The zero-order valence-corrected chi connectivity index (χ0v) is 14.9. The Balaban J connectivity index is 0.000000891. The molecule has 1 heterocycles. The van der Waals surface area contributed by atoms with Crippen LogP contribution in [0.4, 0.5) is 5.69 Å². The molecule has 0 fully saturated rings. The van der Waals surface area contributed by atoms with Gasteiger partial charge in [0.2, 0.25) is 0 Å². The average molecular weight is 353 g/mol. The van der Waals surface area contributed by atoms with Gasteiger partial charge < -0.3 is 10.1 Å². The Bertz CT molecular complexity index is 683. The van der Waals surface area contributed by atoms with Crippen LogP contribution in [0.2, 0.25) is 0 Å². The minimum atomic E-state index is -0.449. The molecular formula is C17H21ClN2O4. The number of dihydropyridines is 1. The molecule has 0 aromatic heterocycles. The number of allylic oxidation sites excluding steroid dienone is 3. The predicted octanol–water partition coefficient (Wildman–Crippen LogP) is 3.88. The highest BCUT2D eigenvalue weighted by Crippen LogP contribution is 2.33. The number of carbonyl (C=O) groups is 1. The molecule has 130 valence electrons. The zero-order chi connectivity index (χ0) is 18.3. The molecular weight excluding hydrogens is 332 g/mol. The van der Waals surface area contributed by atoms with E-state index in [1.54, 1.807) is 19.1 Å². The minimum Gasteiger partial charge on any atom is -0.466 e. The van der Waals surface area contributed by atoms with Crippen LogP contribution in [0.5, 0.6) is 0 Å². The van der Waals surface area contributed by atoms with Crippen LogP contribution in [0.15, 0.2) is 47.3 Å². The van der Waals surface area contributed by atoms with Crippen LogP contribution in [0.3, 0.4) is 0 Å². The number of methoxy groups -OCH3 is 1. The number of esters is 1. The van der Waals surface area contributed by atoms with Crippen LogP contribution < -0.4 is 5.32 Å². The quantitative estimate of drug-likeness (QED) is 0.386. The molecule has 1 N–H and O–H groups in total. The lowest BCUT2D eigenvalue weighted by atomic mass is 9.86. The molecule has 1 aromatic carbocycles. The van der Waals surface area contributed by atoms with Gasteiger partial charge in [0, 0.05) is 35.3 Å². The number of nitrogens with one attached hydrogen (secondary N) is 1. The molecule has 1 unspecified atom stereocenters. The molecule has 6 nitrogen and oxygen atoms in total. The van der Waals surface area contributed by atoms with Crippen molar-refractivity contribution >= 4 is 23.3 Å². The molecule has 1 aliphatic rings. The van der Waals surface area contributed by atoms with E-state index in [0.717, 1.165) is 11.6 Å². The number of non-ortho nitro benzene ring substituents is 1. The van der Waals surface area contributed by atoms with Crippen molar-refractivity contribution in [3.8, 4) is 0 Å². The van der Waals surface area contributed by atoms with Crippen LogP contribution in [-0.4, -0.2) is 23.9 Å². The van der Waals surface area contributed by atoms with Gasteiger partial charge in [0.1, 0.15) is 0 Å². The van der Waals surface area contributed by atoms with E-state index < -0.39 is 10.9 Å². The van der Waals surface area contributed by atoms with Crippen LogP contribution >= 0.6 is 11.6 Å². The number of nitro benzene ring substituents is 1. The van der Waals surface area contributed by atoms with Crippen molar-refractivity contribution in [2.75, 3.05) is 13.0 Å². The number of alkyl halides is 1. The molecule has 0 saturated heterocycles. The van der Waals surface area contributed by atoms with Crippen molar-refractivity contribution in [1.29, 1.82) is 0 Å². The van der Waals surface area contributed by atoms with Gasteiger partial charge in [-0.2, -0.15) is 0 Å². The summed E-state index contributed by atoms with van der Waals surface area (Å²) in [6.07, 6.45) is 1.86. The number of nitrogens with zero attached hydrogens (tertiary/aromatic N) is 1. The Labute approximate surface area is 146 Å². The Morgan fingerprint density at radius 2 is 2.04 bits per heavy atom. The number of carbonyl (C=O) groups excluding carboxylic acids is 1. The molecule has 1 atom stereocenters. The topological polar surface area (TPSA) is 81.5 Å². The first kappa shape index (κ1) is 19.7. The highest BCUT2D eigenvalue weighted by molar-refractivity contribution is 6.17. The predicted molar refractivity (Wildman–Crippen MR) is 93.8 cm³/mol. The van der Waals surface area contributed by atoms with E-state index >= 15 is 0 Å². The lowest BCUT2D eigenvalue weighted by molar-refractivity contribution is -0.384. The van der Waals surface area contributed by atoms with Gasteiger partial charge in [-0.25, -0.2) is 4.79 Å². The molecule has 0 amide bonds. The summed E-state index contributed by atoms with van der Waals surface area (Å²) in [5.74, 6) is -0.0844. The van der Waals surface area contributed by atoms with E-state index in [0.29, 0.717) is 16.8 Å². The standard InChI is InChI=1S/C15H16N2O4.C2H5Cl/c1-9-7-13(14(10(2)16-9)15(18)21-3)11-5-4-6-12(8-11)17(19)20;1-2-3/h4-8,13,16H,1-3H3;2H2,1H3. The van der Waals surface area contributed by atoms with E-state index in [4.69, 9.17) is 16.3 Å². The maximum absolute atomic E-state index is 12.0. The third-order valence-corrected chi connectivity index (χ3v) is 3.36. The van der Waals surface area contributed by atoms with Crippen molar-refractivity contribution in [2.45, 2.75) is 26.7 Å². The summed E-state index contributed by atoms with van der Waals surface area (Å²) in [5, 5.41) is 14.0. The molecule has 0 saturated carbocycles. The first-order valence-corrected chi connectivity index (χ1v) is 7.93. The first-order valence-electron chi connectivity index (χ1n) is 7.40. The van der Waals surface area contributed by atoms with Gasteiger partial charge in [-0.1, -0.05) is 25.1 Å². The fourth-order valence-corrected chi connectivity index (χ4v) is 2.46. The number of hydrogen-bond acceptors (Lipinski definition) is 5. The monoisotopic (exact) mass is 352 g/mol. The Kier molecular flexibility index (Phi) is 7.45. The third kappa shape index (κ3) is 4.83. The second-order valence-electron chi connectivity index (χ2n) is 5.10. The van der Waals surface area contributed by atoms with Crippen LogP contribution in [0, 0.1) is 10.1 Å². The number of hydrogen-bond donors (Lipinski definition) is 1. The van der Waals surface area contributed by atoms with Gasteiger partial charge in [-0.15, -0.1) is 11.6 Å². The zero-order valence-electron chi connectivity index (χ0n) is 14.1. The van der Waals surface area contributed by atoms with Crippen LogP contribution in [-0.2, 0) is 9.53 Å². The minimum absolute atomic E-state index is 0.000968. The van der Waals surface area contributed by atoms with Gasteiger partial charge in [0.15, 0.2) is 0 Å². The third-order valence-electron chi connectivity index (χ3n) is 3.36. The van der Waals surface area contributed by atoms with Crippen molar-refractivity contribution in [2.24, 2.45) is 0 Å². The molecule has 2 rings (SSSR count). The summed E-state index contributed by atoms with van der Waals surface area (Å²) in [6.45, 7) is 5.55. The second kappa shape index (κ2) is 9.08. The highest BCUT2D eigenvalue weighted by Gasteiger charge is 2.28. The molecule has 1 aliphatic heterocycles. The normalized spacial score (nSPS) is 16.4. The van der Waals surface area contributed by atoms with E-state index in [-0.39, 0.29) is 11.6 Å². The second-order valence-corrected chi connectivity index (χ2v) is 5.64. The maximum Gasteiger partial charge on any atom is 0.336 e. The summed E-state index contributed by atoms with van der Waals surface area (Å²) < 4.78 is 4.82. The van der Waals surface area contributed by atoms with E-state index in [2.05, 4.69) is 5.32 Å². The number of benzene rings is 1. The number of nitro groups is 1. The lowest BCUT2D eigenvalue weighted by Crippen LogP contribution is -2.25. The van der Waals surface area contributed by atoms with Crippen molar-refractivity contribution < 1.29 is 14.5 Å². The summed E-state index contributed by atoms with van der Waals surface area (Å²) in [6, 6.07) is 6.29. The largest absolute Gasteiger partial charge is 0.466 e. The molecule has 0 radical (unpaired) electrons. The summed E-state index contributed by atoms with van der Waals surface area (Å²) in [5.41, 5.74) is 2.72. The van der Waals surface area contributed by atoms with Crippen LogP contribution in [0.1, 0.15) is 32.3 Å². The average Bonchev–Trinajstić information content (AvgIpc) is 2.54. The van der Waals surface area contributed by atoms with Gasteiger partial charge in [-0.05, 0) is 19.4 Å². The molecule has 0 aliphatic carbocycles. The Hall–Kier alpha value is -2.34. The highest BCUT2D eigenvalue weighted by atomic mass is 35.5. The van der Waals surface area contributed by atoms with Gasteiger partial charge in [-0.3, -0.25) is 10.1 Å². The van der Waals surface area contributed by atoms with Crippen molar-refractivity contribution in [3.05, 3.63) is 63.0 Å². The van der Waals surface area contributed by atoms with Crippen LogP contribution in [0.25, 0.3) is 0 Å². The number of rotatable bonds is 3. The first-order chi connectivity index (χ1) is 11.3. The molecule has 1 aromatic rings. The van der Waals surface area contributed by atoms with E-state index in [9.17, 15) is 14.9 Å². The molecule has 0 bridgehead atoms. The van der Waals surface area contributed by atoms with Gasteiger partial charge in [0.25, 0.3) is 5.69 Å². The lowest BCUT2D eigenvalue weighted by Gasteiger charge is -2.25. The fraction of sp³-hybridized carbons (Fsp3) is 0.353. The summed E-state index contributed by atoms with van der Waals surface area (Å²) in [4.78, 5) is 22.5. The molecule has 0 spiro atoms. The Morgan fingerprint density at radius 1 is 1.42 bits per heavy atom. The number of ether oxygens (including phenoxy) is 1. The maximum atomic E-state index is 12.0. The van der Waals surface area contributed by atoms with Gasteiger partial charge in [0.05, 0.1) is 17.6 Å². The molecule has 7 heteroatoms. The van der Waals surface area contributed by atoms with Crippen molar-refractivity contribution in [1.82, 2.24) is 5.32 Å². The summed E-state index contributed by atoms with van der Waals surface area (Å²) >= 11 is 5.00. The fourth-order valence-electron chi connectivity index (χ4n) is 2.46. The summed E-state index contributed by atoms with van der Waals surface area (Å²) in [7, 11) is 1.32. The Morgan fingerprint density at radius 3 is 2.58 bits per heavy atom. The number of halogens is 1. The van der Waals surface area contributed by atoms with E-state index in [1.807, 2.05) is 19.9 Å². The van der Waals surface area contributed by atoms with Gasteiger partial charge >= 0.3 is 5.97 Å². The van der Waals surface area contributed by atoms with E-state index in [1.165, 1.54) is 19.2 Å².